The zero-order valence-corrected chi connectivity index (χ0v) is 14.5. The van der Waals surface area contributed by atoms with E-state index in [0.29, 0.717) is 0 Å². The summed E-state index contributed by atoms with van der Waals surface area (Å²) in [4.78, 5) is 15.2. The van der Waals surface area contributed by atoms with E-state index in [-0.39, 0.29) is 17.9 Å². The average molecular weight is 322 g/mol. The van der Waals surface area contributed by atoms with Crippen molar-refractivity contribution in [3.8, 4) is 0 Å². The Kier molecular flexibility index (Phi) is 5.31. The predicted molar refractivity (Wildman–Crippen MR) is 98.0 cm³/mol. The van der Waals surface area contributed by atoms with Crippen molar-refractivity contribution >= 4 is 5.91 Å². The molecule has 0 aromatic heterocycles. The number of amides is 1. The first-order chi connectivity index (χ1) is 11.7. The molecule has 1 aliphatic heterocycles. The molecular formula is C21H26N2O. The molecule has 2 aromatic rings. The Balaban J connectivity index is 1.89. The summed E-state index contributed by atoms with van der Waals surface area (Å²) in [5.41, 5.74) is 3.55. The number of hydrogen-bond donors (Lipinski definition) is 1. The normalized spacial score (nSPS) is 19.9. The van der Waals surface area contributed by atoms with Crippen molar-refractivity contribution < 1.29 is 4.79 Å². The van der Waals surface area contributed by atoms with E-state index < -0.39 is 0 Å². The van der Waals surface area contributed by atoms with Crippen LogP contribution in [-0.4, -0.2) is 30.4 Å². The summed E-state index contributed by atoms with van der Waals surface area (Å²) in [5, 5.41) is 3.24. The molecule has 3 nitrogen and oxygen atoms in total. The van der Waals surface area contributed by atoms with Crippen molar-refractivity contribution in [1.82, 2.24) is 10.2 Å². The van der Waals surface area contributed by atoms with Crippen molar-refractivity contribution in [2.75, 3.05) is 19.6 Å². The summed E-state index contributed by atoms with van der Waals surface area (Å²) in [6, 6.07) is 18.6. The highest BCUT2D eigenvalue weighted by atomic mass is 16.2. The van der Waals surface area contributed by atoms with E-state index in [1.807, 2.05) is 24.3 Å². The van der Waals surface area contributed by atoms with Crippen LogP contribution in [0, 0.1) is 0 Å². The van der Waals surface area contributed by atoms with Gasteiger partial charge in [-0.15, -0.1) is 0 Å². The summed E-state index contributed by atoms with van der Waals surface area (Å²) in [5.74, 6) is 0.0940. The number of carbonyl (C=O) groups is 1. The van der Waals surface area contributed by atoms with Crippen molar-refractivity contribution in [2.24, 2.45) is 0 Å². The van der Waals surface area contributed by atoms with E-state index in [9.17, 15) is 4.79 Å². The van der Waals surface area contributed by atoms with E-state index in [1.54, 1.807) is 0 Å². The minimum Gasteiger partial charge on any atom is -0.345 e. The molecule has 1 heterocycles. The van der Waals surface area contributed by atoms with Crippen LogP contribution in [0.3, 0.4) is 0 Å². The highest BCUT2D eigenvalue weighted by Crippen LogP contribution is 2.36. The Labute approximate surface area is 144 Å². The van der Waals surface area contributed by atoms with E-state index in [1.165, 1.54) is 11.1 Å². The number of hydrogen-bond acceptors (Lipinski definition) is 2. The van der Waals surface area contributed by atoms with Crippen LogP contribution in [0.2, 0.25) is 0 Å². The molecule has 24 heavy (non-hydrogen) atoms. The third kappa shape index (κ3) is 3.36. The number of nitrogens with one attached hydrogen (secondary N) is 1. The van der Waals surface area contributed by atoms with Crippen LogP contribution >= 0.6 is 0 Å². The molecule has 0 spiro atoms. The van der Waals surface area contributed by atoms with Crippen LogP contribution < -0.4 is 5.32 Å². The topological polar surface area (TPSA) is 32.3 Å². The molecule has 2 atom stereocenters. The summed E-state index contributed by atoms with van der Waals surface area (Å²) < 4.78 is 0. The third-order valence-electron chi connectivity index (χ3n) is 5.05. The Morgan fingerprint density at radius 3 is 2.21 bits per heavy atom. The van der Waals surface area contributed by atoms with Crippen LogP contribution in [0.4, 0.5) is 0 Å². The highest BCUT2D eigenvalue weighted by molar-refractivity contribution is 5.87. The van der Waals surface area contributed by atoms with E-state index in [4.69, 9.17) is 0 Å². The second kappa shape index (κ2) is 7.63. The van der Waals surface area contributed by atoms with Gasteiger partial charge in [0.25, 0.3) is 0 Å². The highest BCUT2D eigenvalue weighted by Gasteiger charge is 2.33. The number of rotatable bonds is 6. The van der Waals surface area contributed by atoms with Gasteiger partial charge in [0.05, 0.1) is 12.0 Å². The molecule has 3 rings (SSSR count). The van der Waals surface area contributed by atoms with Crippen LogP contribution in [0.5, 0.6) is 0 Å². The molecule has 2 unspecified atom stereocenters. The van der Waals surface area contributed by atoms with Gasteiger partial charge >= 0.3 is 0 Å². The van der Waals surface area contributed by atoms with E-state index >= 15 is 0 Å². The van der Waals surface area contributed by atoms with Gasteiger partial charge in [0.2, 0.25) is 5.91 Å². The fraction of sp³-hybridized carbons (Fsp3) is 0.381. The molecule has 0 bridgehead atoms. The molecule has 1 amide bonds. The van der Waals surface area contributed by atoms with Crippen molar-refractivity contribution in [2.45, 2.75) is 32.2 Å². The maximum absolute atomic E-state index is 12.8. The van der Waals surface area contributed by atoms with Crippen molar-refractivity contribution in [3.05, 3.63) is 71.3 Å². The zero-order chi connectivity index (χ0) is 16.9. The molecule has 0 saturated carbocycles. The molecule has 1 N–H and O–H groups in total. The van der Waals surface area contributed by atoms with Crippen LogP contribution in [0.25, 0.3) is 0 Å². The fourth-order valence-electron chi connectivity index (χ4n) is 3.60. The number of nitrogens with zero attached hydrogens (tertiary/aromatic N) is 1. The van der Waals surface area contributed by atoms with Crippen molar-refractivity contribution in [3.63, 3.8) is 0 Å². The van der Waals surface area contributed by atoms with Crippen LogP contribution in [0.15, 0.2) is 54.6 Å². The lowest BCUT2D eigenvalue weighted by molar-refractivity contribution is -0.124. The lowest BCUT2D eigenvalue weighted by Crippen LogP contribution is -2.40. The Morgan fingerprint density at radius 2 is 1.54 bits per heavy atom. The Bertz CT molecular complexity index is 679. The average Bonchev–Trinajstić information content (AvgIpc) is 2.64. The fourth-order valence-corrected chi connectivity index (χ4v) is 3.60. The molecular weight excluding hydrogens is 296 g/mol. The number of carbonyl (C=O) groups excluding carboxylic acids is 1. The maximum Gasteiger partial charge on any atom is 0.228 e. The van der Waals surface area contributed by atoms with Gasteiger partial charge in [-0.2, -0.15) is 0 Å². The molecule has 0 aliphatic carbocycles. The van der Waals surface area contributed by atoms with Crippen LogP contribution in [-0.2, 0) is 4.79 Å². The first-order valence-corrected chi connectivity index (χ1v) is 8.91. The summed E-state index contributed by atoms with van der Waals surface area (Å²) >= 11 is 0. The minimum atomic E-state index is -0.0539. The second-order valence-corrected chi connectivity index (χ2v) is 6.35. The lowest BCUT2D eigenvalue weighted by atomic mass is 9.82. The molecule has 126 valence electrons. The van der Waals surface area contributed by atoms with Gasteiger partial charge in [0.1, 0.15) is 0 Å². The number of benzene rings is 2. The zero-order valence-electron chi connectivity index (χ0n) is 14.5. The number of fused-ring (bicyclic) bond motifs is 1. The first kappa shape index (κ1) is 16.7. The van der Waals surface area contributed by atoms with Gasteiger partial charge in [0.15, 0.2) is 0 Å². The van der Waals surface area contributed by atoms with Gasteiger partial charge < -0.3 is 10.2 Å². The van der Waals surface area contributed by atoms with Crippen LogP contribution in [0.1, 0.15) is 48.9 Å². The Morgan fingerprint density at radius 1 is 0.917 bits per heavy atom. The van der Waals surface area contributed by atoms with E-state index in [2.05, 4.69) is 54.4 Å². The Hall–Kier alpha value is -2.13. The van der Waals surface area contributed by atoms with Crippen molar-refractivity contribution in [1.29, 1.82) is 0 Å². The summed E-state index contributed by atoms with van der Waals surface area (Å²) in [6.07, 6.45) is 0.867. The largest absolute Gasteiger partial charge is 0.345 e. The standard InChI is InChI=1S/C21H26N2O/c1-3-23(4-2)15-14-19-17-12-8-9-13-18(17)20(22-21(19)24)16-10-6-5-7-11-16/h5-13,19-20H,3-4,14-15H2,1-2H3,(H,22,24). The summed E-state index contributed by atoms with van der Waals surface area (Å²) in [7, 11) is 0. The second-order valence-electron chi connectivity index (χ2n) is 6.35. The third-order valence-corrected chi connectivity index (χ3v) is 5.05. The van der Waals surface area contributed by atoms with Gasteiger partial charge in [-0.3, -0.25) is 4.79 Å². The molecule has 3 heteroatoms. The van der Waals surface area contributed by atoms with Gasteiger partial charge in [-0.05, 0) is 42.7 Å². The smallest absolute Gasteiger partial charge is 0.228 e. The SMILES string of the molecule is CCN(CC)CCC1C(=O)NC(c2ccccc2)c2ccccc21. The van der Waals surface area contributed by atoms with E-state index in [0.717, 1.165) is 31.6 Å². The molecule has 1 aliphatic rings. The van der Waals surface area contributed by atoms with Gasteiger partial charge in [0, 0.05) is 0 Å². The lowest BCUT2D eigenvalue weighted by Gasteiger charge is -2.33. The maximum atomic E-state index is 12.8. The predicted octanol–water partition coefficient (Wildman–Crippen LogP) is 3.72. The minimum absolute atomic E-state index is 0.0420. The van der Waals surface area contributed by atoms with Gasteiger partial charge in [-0.25, -0.2) is 0 Å². The quantitative estimate of drug-likeness (QED) is 0.879. The summed E-state index contributed by atoms with van der Waals surface area (Å²) in [6.45, 7) is 7.35. The molecule has 0 saturated heterocycles. The van der Waals surface area contributed by atoms with Gasteiger partial charge in [-0.1, -0.05) is 68.4 Å². The molecule has 0 radical (unpaired) electrons. The molecule has 0 fully saturated rings. The first-order valence-electron chi connectivity index (χ1n) is 8.91. The monoisotopic (exact) mass is 322 g/mol. The molecule has 2 aromatic carbocycles.